The summed E-state index contributed by atoms with van der Waals surface area (Å²) in [6.07, 6.45) is 3.75. The molecule has 7 heteroatoms. The van der Waals surface area contributed by atoms with Gasteiger partial charge in [-0.05, 0) is 60.7 Å². The third-order valence-electron chi connectivity index (χ3n) is 9.94. The zero-order valence-electron chi connectivity index (χ0n) is 27.2. The molecule has 7 nitrogen and oxygen atoms in total. The van der Waals surface area contributed by atoms with Gasteiger partial charge in [0.2, 0.25) is 0 Å². The Morgan fingerprint density at radius 3 is 1.82 bits per heavy atom. The van der Waals surface area contributed by atoms with Crippen LogP contribution in [-0.4, -0.2) is 33.7 Å². The van der Waals surface area contributed by atoms with Crippen molar-refractivity contribution in [3.63, 3.8) is 0 Å². The molecule has 6 aromatic carbocycles. The Balaban J connectivity index is 1.16. The monoisotopic (exact) mass is 653 g/mol. The molecule has 0 aliphatic rings. The minimum atomic E-state index is 0.645. The predicted molar refractivity (Wildman–Crippen MR) is 206 cm³/mol. The topological polar surface area (TPSA) is 65.8 Å². The van der Waals surface area contributed by atoms with Crippen LogP contribution in [0.15, 0.2) is 164 Å². The van der Waals surface area contributed by atoms with Gasteiger partial charge in [-0.25, -0.2) is 14.5 Å². The molecule has 11 rings (SSSR count). The van der Waals surface area contributed by atoms with E-state index in [0.29, 0.717) is 5.82 Å². The number of benzene rings is 6. The molecule has 238 valence electrons. The molecule has 0 radical (unpaired) electrons. The second-order valence-electron chi connectivity index (χ2n) is 12.8. The second kappa shape index (κ2) is 10.7. The Morgan fingerprint density at radius 2 is 1.08 bits per heavy atom. The van der Waals surface area contributed by atoms with Crippen LogP contribution in [0.1, 0.15) is 0 Å². The highest BCUT2D eigenvalue weighted by molar-refractivity contribution is 6.19. The highest BCUT2D eigenvalue weighted by atomic mass is 15.3. The van der Waals surface area contributed by atoms with Gasteiger partial charge in [0.05, 0.1) is 45.0 Å². The van der Waals surface area contributed by atoms with Crippen molar-refractivity contribution in [1.82, 2.24) is 33.7 Å². The minimum Gasteiger partial charge on any atom is -0.309 e. The van der Waals surface area contributed by atoms with Gasteiger partial charge in [0.25, 0.3) is 0 Å². The maximum Gasteiger partial charge on any atom is 0.182 e. The summed E-state index contributed by atoms with van der Waals surface area (Å²) in [6.45, 7) is 0. The SMILES string of the molecule is c1ccc(-c2nc3ccccc3n3nc(-c4cccc(-n5c6ccccc6c6cc7c8ccccc8n(-c8cccnc8)c7cc65)c4)nc23)cc1. The van der Waals surface area contributed by atoms with Crippen molar-refractivity contribution in [2.24, 2.45) is 0 Å². The Morgan fingerprint density at radius 1 is 0.431 bits per heavy atom. The molecular formula is C44H27N7. The third kappa shape index (κ3) is 4.12. The average Bonchev–Trinajstić information content (AvgIpc) is 3.88. The summed E-state index contributed by atoms with van der Waals surface area (Å²) in [7, 11) is 0. The molecule has 5 aromatic heterocycles. The van der Waals surface area contributed by atoms with E-state index < -0.39 is 0 Å². The Kier molecular flexibility index (Phi) is 5.83. The molecule has 0 aliphatic heterocycles. The van der Waals surface area contributed by atoms with E-state index >= 15 is 0 Å². The lowest BCUT2D eigenvalue weighted by atomic mass is 10.1. The number of aromatic nitrogens is 7. The zero-order chi connectivity index (χ0) is 33.5. The van der Waals surface area contributed by atoms with E-state index in [1.54, 1.807) is 0 Å². The van der Waals surface area contributed by atoms with Crippen LogP contribution in [-0.2, 0) is 0 Å². The first-order valence-corrected chi connectivity index (χ1v) is 17.0. The summed E-state index contributed by atoms with van der Waals surface area (Å²) in [5.41, 5.74) is 11.9. The molecule has 0 atom stereocenters. The van der Waals surface area contributed by atoms with E-state index in [1.165, 1.54) is 21.5 Å². The van der Waals surface area contributed by atoms with Crippen LogP contribution in [0.2, 0.25) is 0 Å². The fourth-order valence-corrected chi connectivity index (χ4v) is 7.71. The number of pyridine rings is 1. The van der Waals surface area contributed by atoms with Crippen molar-refractivity contribution in [1.29, 1.82) is 0 Å². The van der Waals surface area contributed by atoms with Crippen LogP contribution in [0.4, 0.5) is 0 Å². The zero-order valence-corrected chi connectivity index (χ0v) is 27.2. The summed E-state index contributed by atoms with van der Waals surface area (Å²) in [4.78, 5) is 14.6. The van der Waals surface area contributed by atoms with E-state index in [0.717, 1.165) is 66.9 Å². The van der Waals surface area contributed by atoms with Crippen LogP contribution >= 0.6 is 0 Å². The molecule has 0 amide bonds. The lowest BCUT2D eigenvalue weighted by Gasteiger charge is -2.10. The fraction of sp³-hybridized carbons (Fsp3) is 0. The molecule has 5 heterocycles. The van der Waals surface area contributed by atoms with Gasteiger partial charge in [-0.2, -0.15) is 0 Å². The standard InChI is InChI=1S/C44H27N7/c1-2-12-28(13-3-1)42-44-47-43(48-51(44)39-22-9-6-19-36(39)46-42)29-14-10-15-30(24-29)49-37-20-7-4-17-32(37)34-25-35-33-18-5-8-21-38(33)50(41(35)26-40(34)49)31-16-11-23-45-27-31/h1-27H. The van der Waals surface area contributed by atoms with Crippen molar-refractivity contribution in [3.05, 3.63) is 164 Å². The summed E-state index contributed by atoms with van der Waals surface area (Å²) in [5.74, 6) is 0.645. The summed E-state index contributed by atoms with van der Waals surface area (Å²) in [6, 6.07) is 52.9. The molecule has 0 spiro atoms. The van der Waals surface area contributed by atoms with E-state index in [9.17, 15) is 0 Å². The van der Waals surface area contributed by atoms with Crippen LogP contribution in [0.3, 0.4) is 0 Å². The average molecular weight is 654 g/mol. The molecule has 0 saturated carbocycles. The van der Waals surface area contributed by atoms with E-state index in [-0.39, 0.29) is 0 Å². The lowest BCUT2D eigenvalue weighted by molar-refractivity contribution is 1.00. The van der Waals surface area contributed by atoms with Gasteiger partial charge in [-0.1, -0.05) is 91.0 Å². The molecule has 0 N–H and O–H groups in total. The number of hydrogen-bond acceptors (Lipinski definition) is 4. The van der Waals surface area contributed by atoms with Crippen LogP contribution in [0.5, 0.6) is 0 Å². The quantitative estimate of drug-likeness (QED) is 0.190. The largest absolute Gasteiger partial charge is 0.309 e. The first-order valence-electron chi connectivity index (χ1n) is 17.0. The van der Waals surface area contributed by atoms with E-state index in [1.807, 2.05) is 65.4 Å². The maximum atomic E-state index is 5.14. The summed E-state index contributed by atoms with van der Waals surface area (Å²) < 4.78 is 6.61. The molecule has 0 saturated heterocycles. The number of hydrogen-bond donors (Lipinski definition) is 0. The number of fused-ring (bicyclic) bond motifs is 9. The fourth-order valence-electron chi connectivity index (χ4n) is 7.71. The van der Waals surface area contributed by atoms with Crippen molar-refractivity contribution >= 4 is 60.3 Å². The van der Waals surface area contributed by atoms with Crippen LogP contribution in [0.25, 0.3) is 94.3 Å². The van der Waals surface area contributed by atoms with Crippen LogP contribution < -0.4 is 0 Å². The lowest BCUT2D eigenvalue weighted by Crippen LogP contribution is -1.97. The van der Waals surface area contributed by atoms with Crippen molar-refractivity contribution in [3.8, 4) is 34.0 Å². The Bertz CT molecular complexity index is 3140. The van der Waals surface area contributed by atoms with Crippen LogP contribution in [0, 0.1) is 0 Å². The molecule has 0 fully saturated rings. The van der Waals surface area contributed by atoms with Gasteiger partial charge in [-0.3, -0.25) is 4.98 Å². The predicted octanol–water partition coefficient (Wildman–Crippen LogP) is 10.2. The van der Waals surface area contributed by atoms with E-state index in [2.05, 4.69) is 117 Å². The molecule has 0 unspecified atom stereocenters. The smallest absolute Gasteiger partial charge is 0.182 e. The van der Waals surface area contributed by atoms with E-state index in [4.69, 9.17) is 15.1 Å². The minimum absolute atomic E-state index is 0.645. The van der Waals surface area contributed by atoms with Gasteiger partial charge in [0, 0.05) is 44.6 Å². The highest BCUT2D eigenvalue weighted by Crippen LogP contribution is 2.40. The molecular weight excluding hydrogens is 627 g/mol. The summed E-state index contributed by atoms with van der Waals surface area (Å²) >= 11 is 0. The Hall–Kier alpha value is -7.12. The maximum absolute atomic E-state index is 5.14. The van der Waals surface area contributed by atoms with Gasteiger partial charge in [-0.15, -0.1) is 5.10 Å². The molecule has 51 heavy (non-hydrogen) atoms. The number of para-hydroxylation sites is 4. The van der Waals surface area contributed by atoms with Gasteiger partial charge < -0.3 is 9.13 Å². The van der Waals surface area contributed by atoms with Gasteiger partial charge in [0.1, 0.15) is 5.69 Å². The molecule has 11 aromatic rings. The normalized spacial score (nSPS) is 11.9. The molecule has 0 bridgehead atoms. The highest BCUT2D eigenvalue weighted by Gasteiger charge is 2.20. The number of rotatable bonds is 4. The van der Waals surface area contributed by atoms with Crippen molar-refractivity contribution in [2.75, 3.05) is 0 Å². The first kappa shape index (κ1) is 27.8. The third-order valence-corrected chi connectivity index (χ3v) is 9.94. The van der Waals surface area contributed by atoms with Gasteiger partial charge in [0.15, 0.2) is 11.5 Å². The number of nitrogens with zero attached hydrogens (tertiary/aromatic N) is 7. The van der Waals surface area contributed by atoms with Gasteiger partial charge >= 0.3 is 0 Å². The van der Waals surface area contributed by atoms with Crippen molar-refractivity contribution in [2.45, 2.75) is 0 Å². The second-order valence-corrected chi connectivity index (χ2v) is 12.8. The summed E-state index contributed by atoms with van der Waals surface area (Å²) in [5, 5.41) is 9.93. The Labute approximate surface area is 291 Å². The molecule has 0 aliphatic carbocycles. The van der Waals surface area contributed by atoms with Crippen molar-refractivity contribution < 1.29 is 0 Å². The first-order chi connectivity index (χ1) is 25.3.